The Hall–Kier alpha value is -7.70. The highest BCUT2D eigenvalue weighted by molar-refractivity contribution is 6.26. The van der Waals surface area contributed by atoms with Crippen molar-refractivity contribution in [1.82, 2.24) is 29.1 Å². The maximum Gasteiger partial charge on any atom is 0.157 e. The lowest BCUT2D eigenvalue weighted by Gasteiger charge is -2.14. The summed E-state index contributed by atoms with van der Waals surface area (Å²) in [5.74, 6) is 1.52. The topological polar surface area (TPSA) is 61.4 Å². The number of hydrogen-bond donors (Lipinski definition) is 0. The highest BCUT2D eigenvalue weighted by atomic mass is 15.1. The van der Waals surface area contributed by atoms with Gasteiger partial charge in [0.15, 0.2) is 11.6 Å². The van der Waals surface area contributed by atoms with Gasteiger partial charge in [0.2, 0.25) is 0 Å². The first kappa shape index (κ1) is 29.7. The third-order valence-corrected chi connectivity index (χ3v) is 11.8. The van der Waals surface area contributed by atoms with E-state index < -0.39 is 0 Å². The zero-order valence-electron chi connectivity index (χ0n) is 29.8. The average molecular weight is 713 g/mol. The molecule has 0 saturated carbocycles. The predicted molar refractivity (Wildman–Crippen MR) is 231 cm³/mol. The number of aromatic nitrogens is 6. The van der Waals surface area contributed by atoms with E-state index in [1.54, 1.807) is 0 Å². The van der Waals surface area contributed by atoms with E-state index in [1.807, 2.05) is 12.4 Å². The van der Waals surface area contributed by atoms with Crippen molar-refractivity contribution in [2.75, 3.05) is 0 Å². The minimum atomic E-state index is 0.760. The fourth-order valence-corrected chi connectivity index (χ4v) is 9.42. The predicted octanol–water partition coefficient (Wildman–Crippen LogP) is 12.4. The van der Waals surface area contributed by atoms with Gasteiger partial charge in [-0.1, -0.05) is 146 Å². The Kier molecular flexibility index (Phi) is 5.80. The van der Waals surface area contributed by atoms with Gasteiger partial charge in [-0.15, -0.1) is 0 Å². The monoisotopic (exact) mass is 712 g/mol. The summed E-state index contributed by atoms with van der Waals surface area (Å²) < 4.78 is 4.60. The van der Waals surface area contributed by atoms with Crippen molar-refractivity contribution in [3.63, 3.8) is 0 Å². The summed E-state index contributed by atoms with van der Waals surface area (Å²) >= 11 is 0. The molecule has 0 aliphatic rings. The number of benzene rings is 9. The molecule has 0 unspecified atom stereocenters. The summed E-state index contributed by atoms with van der Waals surface area (Å²) in [5, 5.41) is 13.6. The van der Waals surface area contributed by atoms with Crippen LogP contribution in [0.15, 0.2) is 170 Å². The molecule has 0 atom stereocenters. The van der Waals surface area contributed by atoms with Crippen LogP contribution >= 0.6 is 0 Å². The number of nitrogens with zero attached hydrogens (tertiary/aromatic N) is 6. The van der Waals surface area contributed by atoms with Crippen molar-refractivity contribution in [2.45, 2.75) is 0 Å². The Labute approximate surface area is 318 Å². The molecule has 258 valence electrons. The van der Waals surface area contributed by atoms with Crippen LogP contribution in [0.4, 0.5) is 0 Å². The third kappa shape index (κ3) is 3.84. The molecule has 0 aliphatic carbocycles. The van der Waals surface area contributed by atoms with E-state index >= 15 is 0 Å². The summed E-state index contributed by atoms with van der Waals surface area (Å²) in [4.78, 5) is 21.5. The second-order valence-electron chi connectivity index (χ2n) is 14.6. The number of hydrogen-bond acceptors (Lipinski definition) is 4. The van der Waals surface area contributed by atoms with Gasteiger partial charge < -0.3 is 0 Å². The fraction of sp³-hybridized carbons (Fsp3) is 0. The van der Waals surface area contributed by atoms with Crippen LogP contribution in [0.2, 0.25) is 0 Å². The van der Waals surface area contributed by atoms with Crippen LogP contribution in [0.1, 0.15) is 0 Å². The Morgan fingerprint density at radius 3 is 0.946 bits per heavy atom. The number of rotatable bonds is 2. The molecule has 4 aromatic heterocycles. The fourth-order valence-electron chi connectivity index (χ4n) is 9.42. The molecule has 0 fully saturated rings. The Balaban J connectivity index is 1.19. The zero-order valence-corrected chi connectivity index (χ0v) is 29.8. The van der Waals surface area contributed by atoms with E-state index in [2.05, 4.69) is 167 Å². The van der Waals surface area contributed by atoms with Gasteiger partial charge in [0.1, 0.15) is 0 Å². The molecular formula is C50H28N6. The number of fused-ring (bicyclic) bond motifs is 19. The van der Waals surface area contributed by atoms with Crippen LogP contribution in [0.3, 0.4) is 0 Å². The van der Waals surface area contributed by atoms with Gasteiger partial charge in [0, 0.05) is 43.1 Å². The van der Waals surface area contributed by atoms with E-state index in [9.17, 15) is 0 Å². The number of para-hydroxylation sites is 2. The lowest BCUT2D eigenvalue weighted by atomic mass is 10.00. The molecule has 13 rings (SSSR count). The van der Waals surface area contributed by atoms with Gasteiger partial charge in [-0.2, -0.15) is 0 Å². The van der Waals surface area contributed by atoms with Crippen LogP contribution in [0.5, 0.6) is 0 Å². The van der Waals surface area contributed by atoms with Crippen LogP contribution < -0.4 is 0 Å². The van der Waals surface area contributed by atoms with Crippen molar-refractivity contribution in [3.05, 3.63) is 170 Å². The van der Waals surface area contributed by atoms with Gasteiger partial charge in [0.05, 0.1) is 56.5 Å². The molecule has 56 heavy (non-hydrogen) atoms. The Morgan fingerprint density at radius 1 is 0.268 bits per heavy atom. The maximum absolute atomic E-state index is 5.53. The van der Waals surface area contributed by atoms with E-state index in [0.29, 0.717) is 0 Å². The molecule has 0 spiro atoms. The lowest BCUT2D eigenvalue weighted by molar-refractivity contribution is 1.06. The second-order valence-corrected chi connectivity index (χ2v) is 14.6. The first-order valence-electron chi connectivity index (χ1n) is 18.9. The standard InChI is InChI=1S/C50H28N6/c1-5-19-35-29(13-1)31-15-3-7-21-37(31)47-45(35)51-27-43(53-47)55-41-23-11-9-17-33(41)39-25-26-40-34-18-10-12-24-42(34)56(50(40)49(39)55)44-28-52-46-36-20-6-2-14-30(36)32-16-4-8-22-38(32)48(46)54-44/h1-28H. The summed E-state index contributed by atoms with van der Waals surface area (Å²) in [6.07, 6.45) is 3.88. The van der Waals surface area contributed by atoms with Gasteiger partial charge in [-0.05, 0) is 33.7 Å². The van der Waals surface area contributed by atoms with Gasteiger partial charge in [-0.25, -0.2) is 9.97 Å². The maximum atomic E-state index is 5.53. The van der Waals surface area contributed by atoms with E-state index in [1.165, 1.54) is 21.5 Å². The van der Waals surface area contributed by atoms with Crippen molar-refractivity contribution >= 4 is 109 Å². The second kappa shape index (κ2) is 10.9. The van der Waals surface area contributed by atoms with Crippen LogP contribution in [-0.2, 0) is 0 Å². The first-order valence-corrected chi connectivity index (χ1v) is 18.9. The zero-order chi connectivity index (χ0) is 36.5. The molecule has 0 amide bonds. The molecule has 0 saturated heterocycles. The quantitative estimate of drug-likeness (QED) is 0.167. The van der Waals surface area contributed by atoms with Crippen LogP contribution in [0, 0.1) is 0 Å². The molecular weight excluding hydrogens is 685 g/mol. The SMILES string of the molecule is c1ccc2c(c1)c1ccccc1c1nc(-n3c4ccccc4c4ccc5c6ccccc6n(-c6cnc7c8ccccc8c8ccccc8c7n6)c5c43)cnc21. The van der Waals surface area contributed by atoms with Gasteiger partial charge >= 0.3 is 0 Å². The molecule has 0 N–H and O–H groups in total. The highest BCUT2D eigenvalue weighted by Gasteiger charge is 2.23. The van der Waals surface area contributed by atoms with Gasteiger partial charge in [0.25, 0.3) is 0 Å². The molecule has 9 aromatic carbocycles. The van der Waals surface area contributed by atoms with Crippen LogP contribution in [-0.4, -0.2) is 29.1 Å². The summed E-state index contributed by atoms with van der Waals surface area (Å²) in [6, 6.07) is 55.8. The highest BCUT2D eigenvalue weighted by Crippen LogP contribution is 2.42. The van der Waals surface area contributed by atoms with E-state index in [-0.39, 0.29) is 0 Å². The lowest BCUT2D eigenvalue weighted by Crippen LogP contribution is -2.03. The van der Waals surface area contributed by atoms with Crippen LogP contribution in [0.25, 0.3) is 120 Å². The Bertz CT molecular complexity index is 3510. The summed E-state index contributed by atoms with van der Waals surface area (Å²) in [6.45, 7) is 0. The molecule has 6 nitrogen and oxygen atoms in total. The van der Waals surface area contributed by atoms with Crippen molar-refractivity contribution in [2.24, 2.45) is 0 Å². The average Bonchev–Trinajstić information content (AvgIpc) is 3.79. The molecule has 0 aliphatic heterocycles. The van der Waals surface area contributed by atoms with E-state index in [0.717, 1.165) is 98.9 Å². The Morgan fingerprint density at radius 2 is 0.571 bits per heavy atom. The smallest absolute Gasteiger partial charge is 0.157 e. The normalized spacial score (nSPS) is 12.3. The van der Waals surface area contributed by atoms with Gasteiger partial charge in [-0.3, -0.25) is 19.1 Å². The molecule has 0 radical (unpaired) electrons. The third-order valence-electron chi connectivity index (χ3n) is 11.8. The molecule has 13 aromatic rings. The largest absolute Gasteiger partial charge is 0.290 e. The van der Waals surface area contributed by atoms with Crippen molar-refractivity contribution < 1.29 is 0 Å². The first-order chi connectivity index (χ1) is 27.8. The molecule has 6 heteroatoms. The molecule has 4 heterocycles. The summed E-state index contributed by atoms with van der Waals surface area (Å²) in [5.41, 5.74) is 7.78. The van der Waals surface area contributed by atoms with Crippen molar-refractivity contribution in [3.8, 4) is 11.6 Å². The van der Waals surface area contributed by atoms with E-state index in [4.69, 9.17) is 19.9 Å². The minimum absolute atomic E-state index is 0.760. The minimum Gasteiger partial charge on any atom is -0.290 e. The van der Waals surface area contributed by atoms with Crippen molar-refractivity contribution in [1.29, 1.82) is 0 Å². The summed E-state index contributed by atoms with van der Waals surface area (Å²) in [7, 11) is 0. The molecule has 0 bridgehead atoms.